The van der Waals surface area contributed by atoms with Crippen molar-refractivity contribution in [3.8, 4) is 0 Å². The van der Waals surface area contributed by atoms with Crippen LogP contribution in [0, 0.1) is 17.0 Å². The molecule has 5 aromatic rings. The number of furan rings is 1. The van der Waals surface area contributed by atoms with Gasteiger partial charge in [-0.3, -0.25) is 14.9 Å². The monoisotopic (exact) mass is 617 g/mol. The fraction of sp³-hybridized carbons (Fsp3) is 0.167. The predicted octanol–water partition coefficient (Wildman–Crippen LogP) is 6.39. The summed E-state index contributed by atoms with van der Waals surface area (Å²) in [6, 6.07) is 22.9. The molecule has 1 amide bonds. The van der Waals surface area contributed by atoms with Gasteiger partial charge in [-0.05, 0) is 74.4 Å². The van der Waals surface area contributed by atoms with E-state index in [1.165, 1.54) is 58.3 Å². The molecule has 13 heteroatoms. The molecule has 5 rings (SSSR count). The maximum absolute atomic E-state index is 13.7. The van der Waals surface area contributed by atoms with Crippen molar-refractivity contribution in [1.29, 1.82) is 0 Å². The third kappa shape index (κ3) is 6.53. The number of hydrogen-bond donors (Lipinski definition) is 0. The number of fused-ring (bicyclic) bond motifs is 1. The Kier molecular flexibility index (Phi) is 8.48. The summed E-state index contributed by atoms with van der Waals surface area (Å²) in [5.41, 5.74) is 2.71. The van der Waals surface area contributed by atoms with Crippen LogP contribution in [0.5, 0.6) is 0 Å². The Morgan fingerprint density at radius 1 is 1.07 bits per heavy atom. The van der Waals surface area contributed by atoms with Crippen molar-refractivity contribution in [2.75, 3.05) is 5.01 Å². The maximum Gasteiger partial charge on any atom is 0.433 e. The third-order valence-corrected chi connectivity index (χ3v) is 9.49. The molecule has 0 atom stereocenters. The van der Waals surface area contributed by atoms with Gasteiger partial charge in [0.2, 0.25) is 15.2 Å². The molecule has 220 valence electrons. The molecule has 0 spiro atoms. The predicted molar refractivity (Wildman–Crippen MR) is 165 cm³/mol. The first-order valence-electron chi connectivity index (χ1n) is 13.2. The molecule has 0 aliphatic rings. The summed E-state index contributed by atoms with van der Waals surface area (Å²) in [5, 5.41) is 16.6. The Morgan fingerprint density at radius 2 is 1.79 bits per heavy atom. The van der Waals surface area contributed by atoms with E-state index in [1.54, 1.807) is 13.8 Å². The number of nitrogens with zero attached hydrogens (tertiary/aromatic N) is 5. The summed E-state index contributed by atoms with van der Waals surface area (Å²) in [6.45, 7) is 5.76. The van der Waals surface area contributed by atoms with E-state index in [4.69, 9.17) is 4.42 Å². The lowest BCUT2D eigenvalue weighted by Gasteiger charge is -2.26. The van der Waals surface area contributed by atoms with Crippen LogP contribution in [0.2, 0.25) is 0 Å². The summed E-state index contributed by atoms with van der Waals surface area (Å²) in [4.78, 5) is 28.7. The minimum absolute atomic E-state index is 0.0436. The number of thiazole rings is 1. The van der Waals surface area contributed by atoms with E-state index in [2.05, 4.69) is 10.1 Å². The van der Waals surface area contributed by atoms with Crippen LogP contribution in [-0.4, -0.2) is 40.8 Å². The van der Waals surface area contributed by atoms with Crippen LogP contribution in [0.15, 0.2) is 99.3 Å². The first-order valence-corrected chi connectivity index (χ1v) is 15.4. The molecule has 11 nitrogen and oxygen atoms in total. The van der Waals surface area contributed by atoms with Crippen LogP contribution >= 0.6 is 11.3 Å². The SMILES string of the molecule is Cc1ccc2nc(N(/N=C/c3ccc([N+](=O)[O-])o3)C(=O)c3ccc(S(=O)(=O)N(Cc4ccccc4)C(C)C)cc3)sc2c1. The molecule has 0 N–H and O–H groups in total. The lowest BCUT2D eigenvalue weighted by Crippen LogP contribution is -2.36. The van der Waals surface area contributed by atoms with Crippen molar-refractivity contribution in [1.82, 2.24) is 9.29 Å². The first kappa shape index (κ1) is 29.8. The number of nitro groups is 1. The summed E-state index contributed by atoms with van der Waals surface area (Å²) < 4.78 is 34.6. The quantitative estimate of drug-likeness (QED) is 0.101. The molecule has 3 aromatic carbocycles. The lowest BCUT2D eigenvalue weighted by atomic mass is 10.2. The number of amides is 1. The number of rotatable bonds is 10. The Balaban J connectivity index is 1.47. The molecular weight excluding hydrogens is 590 g/mol. The molecule has 0 saturated carbocycles. The van der Waals surface area contributed by atoms with Gasteiger partial charge in [-0.25, -0.2) is 13.4 Å². The standard InChI is InChI=1S/C30H27N5O6S2/c1-20(2)33(19-22-7-5-4-6-8-22)43(39,40)25-13-10-23(11-14-25)29(36)34(31-18-24-12-16-28(41-24)35(37)38)30-32-26-15-9-21(3)17-27(26)42-30/h4-18,20H,19H2,1-3H3/b31-18+. The zero-order valence-electron chi connectivity index (χ0n) is 23.4. The number of benzene rings is 3. The van der Waals surface area contributed by atoms with Crippen molar-refractivity contribution in [3.05, 3.63) is 117 Å². The van der Waals surface area contributed by atoms with E-state index in [9.17, 15) is 23.3 Å². The highest BCUT2D eigenvalue weighted by atomic mass is 32.2. The fourth-order valence-corrected chi connectivity index (χ4v) is 6.90. The van der Waals surface area contributed by atoms with Crippen molar-refractivity contribution >= 4 is 54.7 Å². The average molecular weight is 618 g/mol. The summed E-state index contributed by atoms with van der Waals surface area (Å²) in [6.07, 6.45) is 1.19. The maximum atomic E-state index is 13.7. The normalized spacial score (nSPS) is 12.0. The van der Waals surface area contributed by atoms with Gasteiger partial charge in [0, 0.05) is 18.2 Å². The van der Waals surface area contributed by atoms with Crippen molar-refractivity contribution in [3.63, 3.8) is 0 Å². The number of sulfonamides is 1. The molecule has 0 fully saturated rings. The second-order valence-corrected chi connectivity index (χ2v) is 12.8. The van der Waals surface area contributed by atoms with Crippen LogP contribution in [0.1, 0.15) is 41.1 Å². The second-order valence-electron chi connectivity index (χ2n) is 9.92. The summed E-state index contributed by atoms with van der Waals surface area (Å²) in [5.74, 6) is -0.980. The molecule has 0 aliphatic heterocycles. The zero-order chi connectivity index (χ0) is 30.7. The van der Waals surface area contributed by atoms with Gasteiger partial charge >= 0.3 is 5.88 Å². The number of hydrogen-bond acceptors (Lipinski definition) is 9. The molecule has 0 unspecified atom stereocenters. The highest BCUT2D eigenvalue weighted by Crippen LogP contribution is 2.31. The summed E-state index contributed by atoms with van der Waals surface area (Å²) >= 11 is 1.24. The van der Waals surface area contributed by atoms with E-state index >= 15 is 0 Å². The van der Waals surface area contributed by atoms with Gasteiger partial charge < -0.3 is 4.42 Å². The van der Waals surface area contributed by atoms with E-state index in [1.807, 2.05) is 55.5 Å². The molecule has 2 aromatic heterocycles. The van der Waals surface area contributed by atoms with Gasteiger partial charge in [0.25, 0.3) is 5.91 Å². The first-order chi connectivity index (χ1) is 20.5. The van der Waals surface area contributed by atoms with Crippen molar-refractivity contribution in [2.45, 2.75) is 38.3 Å². The summed E-state index contributed by atoms with van der Waals surface area (Å²) in [7, 11) is -3.88. The van der Waals surface area contributed by atoms with Gasteiger partial charge in [0.05, 0.1) is 27.4 Å². The van der Waals surface area contributed by atoms with Crippen molar-refractivity contribution in [2.24, 2.45) is 5.10 Å². The molecule has 0 saturated heterocycles. The van der Waals surface area contributed by atoms with E-state index < -0.39 is 26.7 Å². The van der Waals surface area contributed by atoms with Gasteiger partial charge in [-0.2, -0.15) is 14.4 Å². The van der Waals surface area contributed by atoms with Gasteiger partial charge in [-0.15, -0.1) is 0 Å². The highest BCUT2D eigenvalue weighted by molar-refractivity contribution is 7.89. The average Bonchev–Trinajstić information content (AvgIpc) is 3.63. The Hall–Kier alpha value is -4.72. The number of carbonyl (C=O) groups is 1. The number of aryl methyl sites for hydroxylation is 1. The molecule has 43 heavy (non-hydrogen) atoms. The Bertz CT molecular complexity index is 1920. The molecule has 2 heterocycles. The number of carbonyl (C=O) groups excluding carboxylic acids is 1. The molecule has 0 aliphatic carbocycles. The van der Waals surface area contributed by atoms with E-state index in [0.29, 0.717) is 5.52 Å². The van der Waals surface area contributed by atoms with Crippen molar-refractivity contribution < 1.29 is 22.6 Å². The van der Waals surface area contributed by atoms with Crippen LogP contribution in [0.4, 0.5) is 11.0 Å². The Labute approximate surface area is 251 Å². The van der Waals surface area contributed by atoms with Crippen LogP contribution < -0.4 is 5.01 Å². The highest BCUT2D eigenvalue weighted by Gasteiger charge is 2.28. The minimum Gasteiger partial charge on any atom is -0.400 e. The van der Waals surface area contributed by atoms with Crippen LogP contribution in [0.3, 0.4) is 0 Å². The fourth-order valence-electron chi connectivity index (χ4n) is 4.26. The topological polar surface area (TPSA) is 139 Å². The second kappa shape index (κ2) is 12.3. The number of hydrazone groups is 1. The van der Waals surface area contributed by atoms with Crippen LogP contribution in [-0.2, 0) is 16.6 Å². The molecular formula is C30H27N5O6S2. The molecule has 0 radical (unpaired) electrons. The zero-order valence-corrected chi connectivity index (χ0v) is 25.1. The largest absolute Gasteiger partial charge is 0.433 e. The molecule has 0 bridgehead atoms. The van der Waals surface area contributed by atoms with E-state index in [-0.39, 0.29) is 33.9 Å². The van der Waals surface area contributed by atoms with Gasteiger partial charge in [0.15, 0.2) is 5.76 Å². The smallest absolute Gasteiger partial charge is 0.400 e. The third-order valence-electron chi connectivity index (χ3n) is 6.46. The van der Waals surface area contributed by atoms with Gasteiger partial charge in [-0.1, -0.05) is 47.7 Å². The van der Waals surface area contributed by atoms with E-state index in [0.717, 1.165) is 20.8 Å². The Morgan fingerprint density at radius 3 is 2.44 bits per heavy atom. The lowest BCUT2D eigenvalue weighted by molar-refractivity contribution is -0.402. The number of aromatic nitrogens is 1. The minimum atomic E-state index is -3.88. The van der Waals surface area contributed by atoms with Gasteiger partial charge in [0.1, 0.15) is 4.92 Å². The number of anilines is 1. The van der Waals surface area contributed by atoms with Crippen LogP contribution in [0.25, 0.3) is 10.2 Å².